The summed E-state index contributed by atoms with van der Waals surface area (Å²) < 4.78 is 13.3. The number of amides is 1. The van der Waals surface area contributed by atoms with E-state index in [-0.39, 0.29) is 12.0 Å². The second-order valence-electron chi connectivity index (χ2n) is 4.14. The molecule has 1 aromatic carbocycles. The number of carbonyl (C=O) groups is 2. The van der Waals surface area contributed by atoms with Crippen LogP contribution in [0.25, 0.3) is 0 Å². The molecule has 0 saturated heterocycles. The van der Waals surface area contributed by atoms with Gasteiger partial charge in [-0.2, -0.15) is 0 Å². The van der Waals surface area contributed by atoms with Crippen molar-refractivity contribution in [2.45, 2.75) is 32.7 Å². The lowest BCUT2D eigenvalue weighted by Gasteiger charge is -2.14. The van der Waals surface area contributed by atoms with Gasteiger partial charge in [-0.3, -0.25) is 9.59 Å². The van der Waals surface area contributed by atoms with Gasteiger partial charge in [-0.15, -0.1) is 0 Å². The number of carbonyl (C=O) groups excluding carboxylic acids is 1. The number of nitrogens with one attached hydrogen (secondary N) is 1. The smallest absolute Gasteiger partial charge is 0.305 e. The molecule has 2 N–H and O–H groups in total. The summed E-state index contributed by atoms with van der Waals surface area (Å²) in [4.78, 5) is 22.4. The van der Waals surface area contributed by atoms with Crippen molar-refractivity contribution in [3.05, 3.63) is 35.1 Å². The van der Waals surface area contributed by atoms with Crippen LogP contribution < -0.4 is 5.32 Å². The molecule has 0 bridgehead atoms. The molecule has 1 aromatic rings. The van der Waals surface area contributed by atoms with E-state index < -0.39 is 23.7 Å². The number of carboxylic acid groups (broad SMARTS) is 1. The monoisotopic (exact) mass is 253 g/mol. The molecule has 1 atom stereocenters. The van der Waals surface area contributed by atoms with Gasteiger partial charge < -0.3 is 10.4 Å². The van der Waals surface area contributed by atoms with E-state index in [1.54, 1.807) is 13.8 Å². The Kier molecular flexibility index (Phi) is 4.83. The van der Waals surface area contributed by atoms with Crippen molar-refractivity contribution in [1.29, 1.82) is 0 Å². The Hall–Kier alpha value is -1.91. The van der Waals surface area contributed by atoms with Gasteiger partial charge in [-0.25, -0.2) is 4.39 Å². The van der Waals surface area contributed by atoms with Gasteiger partial charge in [0.05, 0.1) is 6.42 Å². The van der Waals surface area contributed by atoms with Gasteiger partial charge >= 0.3 is 5.97 Å². The maximum Gasteiger partial charge on any atom is 0.305 e. The first kappa shape index (κ1) is 14.2. The Balaban J connectivity index is 2.74. The molecule has 0 spiro atoms. The van der Waals surface area contributed by atoms with Crippen LogP contribution in [-0.2, 0) is 4.79 Å². The highest BCUT2D eigenvalue weighted by Crippen LogP contribution is 2.10. The number of carboxylic acids is 1. The first-order valence-electron chi connectivity index (χ1n) is 5.72. The summed E-state index contributed by atoms with van der Waals surface area (Å²) >= 11 is 0. The zero-order chi connectivity index (χ0) is 13.7. The number of hydrogen-bond donors (Lipinski definition) is 2. The third kappa shape index (κ3) is 3.84. The van der Waals surface area contributed by atoms with Crippen molar-refractivity contribution in [3.63, 3.8) is 0 Å². The first-order chi connectivity index (χ1) is 8.43. The SMILES string of the molecule is CCC(CC(=O)O)NC(=O)c1ccc(C)c(F)c1. The summed E-state index contributed by atoms with van der Waals surface area (Å²) in [5.74, 6) is -1.88. The van der Waals surface area contributed by atoms with Crippen LogP contribution in [0, 0.1) is 12.7 Å². The van der Waals surface area contributed by atoms with Crippen LogP contribution in [0.3, 0.4) is 0 Å². The topological polar surface area (TPSA) is 66.4 Å². The molecule has 1 amide bonds. The van der Waals surface area contributed by atoms with Crippen LogP contribution in [0.4, 0.5) is 4.39 Å². The van der Waals surface area contributed by atoms with E-state index in [4.69, 9.17) is 5.11 Å². The summed E-state index contributed by atoms with van der Waals surface area (Å²) in [5, 5.41) is 11.2. The highest BCUT2D eigenvalue weighted by molar-refractivity contribution is 5.94. The molecule has 1 rings (SSSR count). The Labute approximate surface area is 105 Å². The van der Waals surface area contributed by atoms with Crippen LogP contribution in [0.5, 0.6) is 0 Å². The Morgan fingerprint density at radius 3 is 2.61 bits per heavy atom. The average Bonchev–Trinajstić information content (AvgIpc) is 2.31. The first-order valence-corrected chi connectivity index (χ1v) is 5.72. The molecule has 0 aliphatic rings. The van der Waals surface area contributed by atoms with E-state index in [1.165, 1.54) is 12.1 Å². The van der Waals surface area contributed by atoms with Crippen LogP contribution in [0.15, 0.2) is 18.2 Å². The van der Waals surface area contributed by atoms with Gasteiger partial charge in [0.2, 0.25) is 0 Å². The Morgan fingerprint density at radius 2 is 2.11 bits per heavy atom. The minimum atomic E-state index is -0.975. The van der Waals surface area contributed by atoms with Gasteiger partial charge in [0.25, 0.3) is 5.91 Å². The normalized spacial score (nSPS) is 11.9. The van der Waals surface area contributed by atoms with Crippen molar-refractivity contribution >= 4 is 11.9 Å². The largest absolute Gasteiger partial charge is 0.481 e. The molecule has 0 fully saturated rings. The van der Waals surface area contributed by atoms with Crippen molar-refractivity contribution in [2.24, 2.45) is 0 Å². The van der Waals surface area contributed by atoms with Gasteiger partial charge in [0.15, 0.2) is 0 Å². The molecule has 0 radical (unpaired) electrons. The van der Waals surface area contributed by atoms with E-state index in [1.807, 2.05) is 0 Å². The molecule has 18 heavy (non-hydrogen) atoms. The fourth-order valence-corrected chi connectivity index (χ4v) is 1.51. The molecule has 0 saturated carbocycles. The third-order valence-corrected chi connectivity index (χ3v) is 2.68. The second-order valence-corrected chi connectivity index (χ2v) is 4.14. The van der Waals surface area contributed by atoms with Gasteiger partial charge in [-0.1, -0.05) is 13.0 Å². The molecule has 0 aromatic heterocycles. The molecule has 98 valence electrons. The van der Waals surface area contributed by atoms with E-state index in [0.717, 1.165) is 6.07 Å². The van der Waals surface area contributed by atoms with Crippen molar-refractivity contribution in [1.82, 2.24) is 5.32 Å². The van der Waals surface area contributed by atoms with E-state index >= 15 is 0 Å². The minimum Gasteiger partial charge on any atom is -0.481 e. The summed E-state index contributed by atoms with van der Waals surface area (Å²) in [6, 6.07) is 3.74. The summed E-state index contributed by atoms with van der Waals surface area (Å²) in [7, 11) is 0. The summed E-state index contributed by atoms with van der Waals surface area (Å²) in [5.41, 5.74) is 0.658. The van der Waals surface area contributed by atoms with Gasteiger partial charge in [-0.05, 0) is 31.0 Å². The third-order valence-electron chi connectivity index (χ3n) is 2.68. The maximum absolute atomic E-state index is 13.3. The highest BCUT2D eigenvalue weighted by atomic mass is 19.1. The zero-order valence-electron chi connectivity index (χ0n) is 10.4. The van der Waals surface area contributed by atoms with Crippen molar-refractivity contribution in [3.8, 4) is 0 Å². The molecule has 0 heterocycles. The quantitative estimate of drug-likeness (QED) is 0.844. The maximum atomic E-state index is 13.3. The number of benzene rings is 1. The lowest BCUT2D eigenvalue weighted by molar-refractivity contribution is -0.137. The molecule has 1 unspecified atom stereocenters. The molecular weight excluding hydrogens is 237 g/mol. The predicted molar refractivity (Wildman–Crippen MR) is 64.9 cm³/mol. The van der Waals surface area contributed by atoms with E-state index in [2.05, 4.69) is 5.32 Å². The second kappa shape index (κ2) is 6.14. The van der Waals surface area contributed by atoms with Crippen molar-refractivity contribution in [2.75, 3.05) is 0 Å². The fraction of sp³-hybridized carbons (Fsp3) is 0.385. The zero-order valence-corrected chi connectivity index (χ0v) is 10.4. The number of aliphatic carboxylic acids is 1. The molecule has 0 aliphatic heterocycles. The van der Waals surface area contributed by atoms with Crippen LogP contribution in [0.1, 0.15) is 35.7 Å². The van der Waals surface area contributed by atoms with Crippen molar-refractivity contribution < 1.29 is 19.1 Å². The predicted octanol–water partition coefficient (Wildman–Crippen LogP) is 2.12. The van der Waals surface area contributed by atoms with Crippen LogP contribution in [-0.4, -0.2) is 23.0 Å². The van der Waals surface area contributed by atoms with E-state index in [0.29, 0.717) is 12.0 Å². The van der Waals surface area contributed by atoms with Crippen LogP contribution in [0.2, 0.25) is 0 Å². The Bertz CT molecular complexity index is 460. The molecular formula is C13H16FNO3. The number of halogens is 1. The lowest BCUT2D eigenvalue weighted by Crippen LogP contribution is -2.36. The fourth-order valence-electron chi connectivity index (χ4n) is 1.51. The standard InChI is InChI=1S/C13H16FNO3/c1-3-10(7-12(16)17)15-13(18)9-5-4-8(2)11(14)6-9/h4-6,10H,3,7H2,1-2H3,(H,15,18)(H,16,17). The van der Waals surface area contributed by atoms with E-state index in [9.17, 15) is 14.0 Å². The van der Waals surface area contributed by atoms with Gasteiger partial charge in [0.1, 0.15) is 5.82 Å². The minimum absolute atomic E-state index is 0.142. The highest BCUT2D eigenvalue weighted by Gasteiger charge is 2.15. The Morgan fingerprint density at radius 1 is 1.44 bits per heavy atom. The summed E-state index contributed by atoms with van der Waals surface area (Å²) in [6.45, 7) is 3.39. The number of hydrogen-bond acceptors (Lipinski definition) is 2. The average molecular weight is 253 g/mol. The molecule has 5 heteroatoms. The summed E-state index contributed by atoms with van der Waals surface area (Å²) in [6.07, 6.45) is 0.364. The van der Waals surface area contributed by atoms with Crippen LogP contribution >= 0.6 is 0 Å². The number of rotatable bonds is 5. The molecule has 4 nitrogen and oxygen atoms in total. The number of aryl methyl sites for hydroxylation is 1. The molecule has 0 aliphatic carbocycles. The van der Waals surface area contributed by atoms with Gasteiger partial charge in [0, 0.05) is 11.6 Å². The lowest BCUT2D eigenvalue weighted by atomic mass is 10.1.